The van der Waals surface area contributed by atoms with E-state index in [0.29, 0.717) is 11.5 Å². The average molecular weight is 507 g/mol. The molecule has 0 N–H and O–H groups in total. The van der Waals surface area contributed by atoms with Gasteiger partial charge < -0.3 is 4.79 Å². The summed E-state index contributed by atoms with van der Waals surface area (Å²) in [5.41, 5.74) is 5.34. The van der Waals surface area contributed by atoms with Gasteiger partial charge in [0.05, 0.1) is 22.4 Å². The smallest absolute Gasteiger partial charge is 0.153 e. The number of hydrogen-bond donors (Lipinski definition) is 0. The summed E-state index contributed by atoms with van der Waals surface area (Å²) in [5.74, 6) is 1.76. The molecule has 5 rings (SSSR count). The van der Waals surface area contributed by atoms with Crippen LogP contribution >= 0.6 is 15.9 Å². The second-order valence-corrected chi connectivity index (χ2v) is 10.7. The molecule has 2 aromatic rings. The largest absolute Gasteiger partial charge is 0.303 e. The van der Waals surface area contributed by atoms with Crippen molar-refractivity contribution in [1.82, 2.24) is 0 Å². The molecule has 4 nitrogen and oxygen atoms in total. The van der Waals surface area contributed by atoms with Crippen LogP contribution in [0.3, 0.4) is 0 Å². The molecule has 2 aromatic carbocycles. The van der Waals surface area contributed by atoms with Gasteiger partial charge in [0, 0.05) is 17.4 Å². The number of anilines is 2. The van der Waals surface area contributed by atoms with E-state index >= 15 is 0 Å². The monoisotopic (exact) mass is 506 g/mol. The van der Waals surface area contributed by atoms with E-state index in [-0.39, 0.29) is 11.3 Å². The lowest BCUT2D eigenvalue weighted by atomic mass is 9.69. The van der Waals surface area contributed by atoms with Crippen LogP contribution in [-0.2, 0) is 10.2 Å². The molecule has 5 heteroatoms. The molecular weight excluding hydrogens is 476 g/mol. The van der Waals surface area contributed by atoms with E-state index in [9.17, 15) is 9.59 Å². The van der Waals surface area contributed by atoms with Crippen LogP contribution in [0.5, 0.6) is 0 Å². The minimum Gasteiger partial charge on any atom is -0.303 e. The number of rotatable bonds is 4. The van der Waals surface area contributed by atoms with E-state index < -0.39 is 0 Å². The van der Waals surface area contributed by atoms with Gasteiger partial charge in [-0.15, -0.1) is 0 Å². The minimum atomic E-state index is -0.0848. The Labute approximate surface area is 204 Å². The molecule has 0 bridgehead atoms. The van der Waals surface area contributed by atoms with Crippen molar-refractivity contribution in [3.8, 4) is 0 Å². The molecule has 0 atom stereocenters. The van der Waals surface area contributed by atoms with Crippen molar-refractivity contribution in [3.05, 3.63) is 57.6 Å². The van der Waals surface area contributed by atoms with Crippen molar-refractivity contribution in [1.29, 1.82) is 0 Å². The van der Waals surface area contributed by atoms with Gasteiger partial charge in [0.1, 0.15) is 12.1 Å². The first kappa shape index (κ1) is 22.5. The SMILES string of the molecule is CN=C1N(c2cccc(Br)c2C=O)c2cc(C3CCC(C=O)CC3)ccc2C12CCCCC2. The first-order valence-electron chi connectivity index (χ1n) is 12.2. The standard InChI is InChI=1S/C28H31BrN2O2/c1-30-27-28(14-3-2-4-15-28)23-13-12-21(20-10-8-19(17-32)9-11-20)16-26(23)31(27)25-7-5-6-24(29)22(25)18-33/h5-7,12-13,16-20H,2-4,8-11,14-15H2,1H3. The molecule has 0 amide bonds. The van der Waals surface area contributed by atoms with Crippen LogP contribution in [0, 0.1) is 5.92 Å². The summed E-state index contributed by atoms with van der Waals surface area (Å²) in [7, 11) is 1.89. The van der Waals surface area contributed by atoms with Crippen LogP contribution < -0.4 is 4.90 Å². The normalized spacial score (nSPS) is 25.3. The molecule has 2 fully saturated rings. The lowest BCUT2D eigenvalue weighted by Gasteiger charge is -2.35. The number of hydrogen-bond acceptors (Lipinski definition) is 3. The van der Waals surface area contributed by atoms with Crippen LogP contribution in [0.2, 0.25) is 0 Å². The third-order valence-electron chi connectivity index (χ3n) is 8.16. The van der Waals surface area contributed by atoms with Crippen LogP contribution in [0.25, 0.3) is 0 Å². The molecule has 2 aliphatic carbocycles. The van der Waals surface area contributed by atoms with E-state index in [2.05, 4.69) is 39.0 Å². The Morgan fingerprint density at radius 1 is 1.00 bits per heavy atom. The zero-order valence-electron chi connectivity index (χ0n) is 19.2. The first-order chi connectivity index (χ1) is 16.1. The van der Waals surface area contributed by atoms with E-state index in [1.807, 2.05) is 25.2 Å². The van der Waals surface area contributed by atoms with Crippen LogP contribution in [-0.4, -0.2) is 25.5 Å². The summed E-state index contributed by atoms with van der Waals surface area (Å²) in [4.78, 5) is 30.5. The van der Waals surface area contributed by atoms with Gasteiger partial charge in [0.25, 0.3) is 0 Å². The van der Waals surface area contributed by atoms with Crippen LogP contribution in [0.15, 0.2) is 45.9 Å². The van der Waals surface area contributed by atoms with E-state index in [4.69, 9.17) is 4.99 Å². The van der Waals surface area contributed by atoms with Gasteiger partial charge in [-0.25, -0.2) is 0 Å². The van der Waals surface area contributed by atoms with Gasteiger partial charge >= 0.3 is 0 Å². The van der Waals surface area contributed by atoms with E-state index in [0.717, 1.165) is 67.1 Å². The summed E-state index contributed by atoms with van der Waals surface area (Å²) in [6.07, 6.45) is 12.0. The highest BCUT2D eigenvalue weighted by Crippen LogP contribution is 2.54. The van der Waals surface area contributed by atoms with Crippen molar-refractivity contribution in [2.45, 2.75) is 69.1 Å². The summed E-state index contributed by atoms with van der Waals surface area (Å²) in [5, 5.41) is 0. The highest BCUT2D eigenvalue weighted by Gasteiger charge is 2.49. The topological polar surface area (TPSA) is 49.7 Å². The van der Waals surface area contributed by atoms with Gasteiger partial charge in [0.15, 0.2) is 6.29 Å². The Morgan fingerprint density at radius 3 is 2.42 bits per heavy atom. The Balaban J connectivity index is 1.66. The molecule has 2 saturated carbocycles. The zero-order valence-corrected chi connectivity index (χ0v) is 20.8. The molecule has 0 radical (unpaired) electrons. The molecule has 1 heterocycles. The Morgan fingerprint density at radius 2 is 1.76 bits per heavy atom. The maximum absolute atomic E-state index is 12.1. The van der Waals surface area contributed by atoms with Gasteiger partial charge in [-0.3, -0.25) is 14.7 Å². The number of fused-ring (bicyclic) bond motifs is 2. The predicted octanol–water partition coefficient (Wildman–Crippen LogP) is 7.12. The van der Waals surface area contributed by atoms with E-state index in [1.165, 1.54) is 36.1 Å². The van der Waals surface area contributed by atoms with Gasteiger partial charge in [-0.2, -0.15) is 0 Å². The average Bonchev–Trinajstić information content (AvgIpc) is 3.12. The fraction of sp³-hybridized carbons (Fsp3) is 0.464. The minimum absolute atomic E-state index is 0.0848. The number of amidine groups is 1. The maximum Gasteiger partial charge on any atom is 0.153 e. The Bertz CT molecular complexity index is 1100. The maximum atomic E-state index is 12.1. The molecule has 0 aromatic heterocycles. The van der Waals surface area contributed by atoms with Crippen molar-refractivity contribution < 1.29 is 9.59 Å². The molecular formula is C28H31BrN2O2. The van der Waals surface area contributed by atoms with Gasteiger partial charge in [-0.05, 0) is 89.7 Å². The quantitative estimate of drug-likeness (QED) is 0.414. The van der Waals surface area contributed by atoms with Crippen molar-refractivity contribution >= 4 is 45.7 Å². The summed E-state index contributed by atoms with van der Waals surface area (Å²) in [6, 6.07) is 13.0. The van der Waals surface area contributed by atoms with E-state index in [1.54, 1.807) is 0 Å². The van der Waals surface area contributed by atoms with Crippen molar-refractivity contribution in [3.63, 3.8) is 0 Å². The third kappa shape index (κ3) is 3.69. The van der Waals surface area contributed by atoms with Gasteiger partial charge in [0.2, 0.25) is 0 Å². The van der Waals surface area contributed by atoms with Crippen molar-refractivity contribution in [2.75, 3.05) is 11.9 Å². The van der Waals surface area contributed by atoms with Crippen LogP contribution in [0.4, 0.5) is 11.4 Å². The second kappa shape index (κ2) is 9.17. The number of aliphatic imine (C=N–C) groups is 1. The van der Waals surface area contributed by atoms with Crippen molar-refractivity contribution in [2.24, 2.45) is 10.9 Å². The highest BCUT2D eigenvalue weighted by atomic mass is 79.9. The number of benzene rings is 2. The Kier molecular flexibility index (Phi) is 6.26. The zero-order chi connectivity index (χ0) is 23.0. The fourth-order valence-electron chi connectivity index (χ4n) is 6.47. The molecule has 0 saturated heterocycles. The summed E-state index contributed by atoms with van der Waals surface area (Å²) >= 11 is 3.59. The first-order valence-corrected chi connectivity index (χ1v) is 13.0. The van der Waals surface area contributed by atoms with Crippen LogP contribution in [0.1, 0.15) is 85.2 Å². The lowest BCUT2D eigenvalue weighted by Crippen LogP contribution is -2.40. The molecule has 1 aliphatic heterocycles. The number of halogens is 1. The molecule has 0 unspecified atom stereocenters. The second-order valence-electron chi connectivity index (χ2n) is 9.84. The highest BCUT2D eigenvalue weighted by molar-refractivity contribution is 9.10. The molecule has 172 valence electrons. The summed E-state index contributed by atoms with van der Waals surface area (Å²) in [6.45, 7) is 0. The molecule has 3 aliphatic rings. The fourth-order valence-corrected chi connectivity index (χ4v) is 6.92. The Hall–Kier alpha value is -2.27. The number of nitrogens with zero attached hydrogens (tertiary/aromatic N) is 2. The molecule has 33 heavy (non-hydrogen) atoms. The summed E-state index contributed by atoms with van der Waals surface area (Å²) < 4.78 is 0.805. The number of carbonyl (C=O) groups excluding carboxylic acids is 2. The number of aldehydes is 2. The van der Waals surface area contributed by atoms with Gasteiger partial charge in [-0.1, -0.05) is 37.5 Å². The number of carbonyl (C=O) groups is 2. The molecule has 1 spiro atoms. The third-order valence-corrected chi connectivity index (χ3v) is 8.85. The lowest BCUT2D eigenvalue weighted by molar-refractivity contribution is -0.111. The predicted molar refractivity (Wildman–Crippen MR) is 137 cm³/mol.